The van der Waals surface area contributed by atoms with Gasteiger partial charge in [0.25, 0.3) is 0 Å². The molecule has 4 nitrogen and oxygen atoms in total. The lowest BCUT2D eigenvalue weighted by Gasteiger charge is -2.17. The third kappa shape index (κ3) is 7.34. The van der Waals surface area contributed by atoms with Crippen molar-refractivity contribution in [3.8, 4) is 5.75 Å². The van der Waals surface area contributed by atoms with E-state index < -0.39 is 6.04 Å². The van der Waals surface area contributed by atoms with Gasteiger partial charge in [0.15, 0.2) is 0 Å². The summed E-state index contributed by atoms with van der Waals surface area (Å²) in [5.74, 6) is 1.10. The second-order valence-corrected chi connectivity index (χ2v) is 5.73. The van der Waals surface area contributed by atoms with Gasteiger partial charge in [0, 0.05) is 12.1 Å². The van der Waals surface area contributed by atoms with Crippen LogP contribution < -0.4 is 15.8 Å². The smallest absolute Gasteiger partial charge is 0.237 e. The van der Waals surface area contributed by atoms with Crippen LogP contribution in [0.4, 0.5) is 0 Å². The minimum absolute atomic E-state index is 0. The molecule has 0 aliphatic heterocycles. The molecule has 1 aromatic rings. The molecule has 0 saturated carbocycles. The number of ether oxygens (including phenoxy) is 1. The van der Waals surface area contributed by atoms with Crippen LogP contribution in [0.5, 0.6) is 5.75 Å². The van der Waals surface area contributed by atoms with Gasteiger partial charge in [0.1, 0.15) is 5.75 Å². The van der Waals surface area contributed by atoms with E-state index >= 15 is 0 Å². The molecule has 1 rings (SSSR count). The Bertz CT molecular complexity index is 436. The van der Waals surface area contributed by atoms with Crippen LogP contribution in [0, 0.1) is 5.92 Å². The number of benzene rings is 1. The van der Waals surface area contributed by atoms with E-state index in [9.17, 15) is 4.79 Å². The Morgan fingerprint density at radius 2 is 1.86 bits per heavy atom. The molecule has 0 spiro atoms. The summed E-state index contributed by atoms with van der Waals surface area (Å²) in [5, 5.41) is 2.87. The first-order valence-corrected chi connectivity index (χ1v) is 7.18. The van der Waals surface area contributed by atoms with Crippen LogP contribution in [0.3, 0.4) is 0 Å². The molecule has 1 atom stereocenters. The number of hydrogen-bond donors (Lipinski definition) is 2. The van der Waals surface area contributed by atoms with Crippen molar-refractivity contribution in [2.75, 3.05) is 0 Å². The van der Waals surface area contributed by atoms with Crippen molar-refractivity contribution < 1.29 is 9.53 Å². The molecule has 1 aromatic carbocycles. The molecule has 0 radical (unpaired) electrons. The van der Waals surface area contributed by atoms with Gasteiger partial charge < -0.3 is 15.8 Å². The molecular formula is C16H27ClN2O2. The molecule has 0 fully saturated rings. The fourth-order valence-corrected chi connectivity index (χ4v) is 1.95. The number of nitrogens with two attached hydrogens (primary N) is 1. The van der Waals surface area contributed by atoms with Gasteiger partial charge in [-0.25, -0.2) is 0 Å². The summed E-state index contributed by atoms with van der Waals surface area (Å²) in [5.41, 5.74) is 6.82. The van der Waals surface area contributed by atoms with Gasteiger partial charge in [-0.15, -0.1) is 12.4 Å². The number of carbonyl (C=O) groups is 1. The summed E-state index contributed by atoms with van der Waals surface area (Å²) in [6, 6.07) is 7.27. The van der Waals surface area contributed by atoms with Crippen molar-refractivity contribution in [3.63, 3.8) is 0 Å². The number of hydrogen-bond acceptors (Lipinski definition) is 3. The monoisotopic (exact) mass is 314 g/mol. The number of halogens is 1. The van der Waals surface area contributed by atoms with Gasteiger partial charge in [0.05, 0.1) is 12.1 Å². The van der Waals surface area contributed by atoms with Gasteiger partial charge in [-0.3, -0.25) is 4.79 Å². The maximum absolute atomic E-state index is 11.9. The predicted molar refractivity (Wildman–Crippen MR) is 88.7 cm³/mol. The van der Waals surface area contributed by atoms with E-state index in [2.05, 4.69) is 19.2 Å². The highest BCUT2D eigenvalue weighted by Gasteiger charge is 2.15. The van der Waals surface area contributed by atoms with E-state index in [1.54, 1.807) is 0 Å². The molecule has 0 saturated heterocycles. The highest BCUT2D eigenvalue weighted by Crippen LogP contribution is 2.19. The molecule has 5 heteroatoms. The normalized spacial score (nSPS) is 12.0. The molecule has 0 aliphatic carbocycles. The fourth-order valence-electron chi connectivity index (χ4n) is 1.95. The standard InChI is InChI=1S/C16H26N2O2.ClH/c1-11(2)9-14(17)16(19)18-10-13-7-5-6-8-15(13)20-12(3)4;/h5-8,11-12,14H,9-10,17H2,1-4H3,(H,18,19);1H/t14-;/m0./s1. The van der Waals surface area contributed by atoms with Crippen LogP contribution in [0.25, 0.3) is 0 Å². The third-order valence-corrected chi connectivity index (χ3v) is 2.85. The lowest BCUT2D eigenvalue weighted by Crippen LogP contribution is -2.41. The van der Waals surface area contributed by atoms with E-state index in [-0.39, 0.29) is 24.4 Å². The van der Waals surface area contributed by atoms with Gasteiger partial charge in [0.2, 0.25) is 5.91 Å². The summed E-state index contributed by atoms with van der Waals surface area (Å²) in [7, 11) is 0. The summed E-state index contributed by atoms with van der Waals surface area (Å²) >= 11 is 0. The van der Waals surface area contributed by atoms with Gasteiger partial charge in [-0.2, -0.15) is 0 Å². The second kappa shape index (κ2) is 9.64. The quantitative estimate of drug-likeness (QED) is 0.813. The van der Waals surface area contributed by atoms with Crippen LogP contribution in [0.1, 0.15) is 39.7 Å². The highest BCUT2D eigenvalue weighted by atomic mass is 35.5. The first-order chi connectivity index (χ1) is 9.40. The Labute approximate surface area is 133 Å². The molecule has 1 amide bonds. The zero-order valence-electron chi connectivity index (χ0n) is 13.3. The average Bonchev–Trinajstić information content (AvgIpc) is 2.35. The Hall–Kier alpha value is -1.26. The van der Waals surface area contributed by atoms with Crippen LogP contribution in [-0.4, -0.2) is 18.1 Å². The molecule has 3 N–H and O–H groups in total. The lowest BCUT2D eigenvalue weighted by molar-refractivity contribution is -0.122. The summed E-state index contributed by atoms with van der Waals surface area (Å²) in [6.45, 7) is 8.51. The largest absolute Gasteiger partial charge is 0.491 e. The molecule has 21 heavy (non-hydrogen) atoms. The number of nitrogens with one attached hydrogen (secondary N) is 1. The highest BCUT2D eigenvalue weighted by molar-refractivity contribution is 5.85. The number of rotatable bonds is 7. The number of para-hydroxylation sites is 1. The van der Waals surface area contributed by atoms with Crippen LogP contribution in [-0.2, 0) is 11.3 Å². The van der Waals surface area contributed by atoms with Gasteiger partial charge in [-0.1, -0.05) is 32.0 Å². The van der Waals surface area contributed by atoms with Crippen molar-refractivity contribution in [2.45, 2.75) is 52.8 Å². The molecule has 0 unspecified atom stereocenters. The van der Waals surface area contributed by atoms with Crippen molar-refractivity contribution >= 4 is 18.3 Å². The molecule has 0 heterocycles. The van der Waals surface area contributed by atoms with E-state index in [4.69, 9.17) is 10.5 Å². The van der Waals surface area contributed by atoms with Crippen molar-refractivity contribution in [1.82, 2.24) is 5.32 Å². The molecule has 0 aliphatic rings. The summed E-state index contributed by atoms with van der Waals surface area (Å²) in [4.78, 5) is 11.9. The minimum atomic E-state index is -0.451. The van der Waals surface area contributed by atoms with Crippen LogP contribution in [0.15, 0.2) is 24.3 Å². The van der Waals surface area contributed by atoms with Crippen LogP contribution >= 0.6 is 12.4 Å². The zero-order valence-corrected chi connectivity index (χ0v) is 14.1. The zero-order chi connectivity index (χ0) is 15.1. The first-order valence-electron chi connectivity index (χ1n) is 7.18. The predicted octanol–water partition coefficient (Wildman–Crippen LogP) is 2.89. The topological polar surface area (TPSA) is 64.4 Å². The van der Waals surface area contributed by atoms with E-state index in [1.807, 2.05) is 38.1 Å². The molecule has 120 valence electrons. The fraction of sp³-hybridized carbons (Fsp3) is 0.562. The van der Waals surface area contributed by atoms with Crippen molar-refractivity contribution in [3.05, 3.63) is 29.8 Å². The minimum Gasteiger partial charge on any atom is -0.491 e. The Balaban J connectivity index is 0.00000400. The lowest BCUT2D eigenvalue weighted by atomic mass is 10.0. The van der Waals surface area contributed by atoms with Gasteiger partial charge in [-0.05, 0) is 32.3 Å². The third-order valence-electron chi connectivity index (χ3n) is 2.85. The second-order valence-electron chi connectivity index (χ2n) is 5.73. The average molecular weight is 315 g/mol. The first kappa shape index (κ1) is 19.7. The van der Waals surface area contributed by atoms with E-state index in [0.717, 1.165) is 11.3 Å². The number of carbonyl (C=O) groups excluding carboxylic acids is 1. The molecule has 0 aromatic heterocycles. The van der Waals surface area contributed by atoms with E-state index in [1.165, 1.54) is 0 Å². The Morgan fingerprint density at radius 1 is 1.24 bits per heavy atom. The summed E-state index contributed by atoms with van der Waals surface area (Å²) < 4.78 is 5.72. The molecular weight excluding hydrogens is 288 g/mol. The maximum atomic E-state index is 11.9. The summed E-state index contributed by atoms with van der Waals surface area (Å²) in [6.07, 6.45) is 0.797. The van der Waals surface area contributed by atoms with Crippen LogP contribution in [0.2, 0.25) is 0 Å². The van der Waals surface area contributed by atoms with Crippen molar-refractivity contribution in [1.29, 1.82) is 0 Å². The maximum Gasteiger partial charge on any atom is 0.237 e. The Morgan fingerprint density at radius 3 is 2.43 bits per heavy atom. The Kier molecular flexibility index (Phi) is 9.06. The van der Waals surface area contributed by atoms with Crippen molar-refractivity contribution in [2.24, 2.45) is 11.7 Å². The SMILES string of the molecule is CC(C)C[C@H](N)C(=O)NCc1ccccc1OC(C)C.Cl. The number of amides is 1. The molecule has 0 bridgehead atoms. The van der Waals surface area contributed by atoms with E-state index in [0.29, 0.717) is 18.9 Å². The van der Waals surface area contributed by atoms with Gasteiger partial charge >= 0.3 is 0 Å².